The number of nitrogens with one attached hydrogen (secondary N) is 2. The molecular formula is C16H21N3O4S. The fraction of sp³-hybridized carbons (Fsp3) is 0.312. The van der Waals surface area contributed by atoms with E-state index in [-0.39, 0.29) is 23.4 Å². The van der Waals surface area contributed by atoms with Crippen molar-refractivity contribution in [1.82, 2.24) is 9.62 Å². The topological polar surface area (TPSA) is 91.7 Å². The summed E-state index contributed by atoms with van der Waals surface area (Å²) < 4.78 is 30.3. The molecule has 0 aliphatic heterocycles. The number of carbonyl (C=O) groups is 1. The van der Waals surface area contributed by atoms with Crippen LogP contribution < -0.4 is 10.6 Å². The standard InChI is InChI=1S/C16H21N3O4S/c1-12(15-5-4-10-23-15)17-11-16(20)18-13-6-8-14(9-7-13)24(21,22)19(2)3/h4-10,12,17H,11H2,1-3H3,(H,18,20)/t12-/m0/s1. The maximum Gasteiger partial charge on any atom is 0.242 e. The van der Waals surface area contributed by atoms with Gasteiger partial charge >= 0.3 is 0 Å². The Morgan fingerprint density at radius 2 is 1.88 bits per heavy atom. The van der Waals surface area contributed by atoms with Crippen LogP contribution in [-0.4, -0.2) is 39.3 Å². The molecule has 1 atom stereocenters. The van der Waals surface area contributed by atoms with Gasteiger partial charge in [0.25, 0.3) is 0 Å². The van der Waals surface area contributed by atoms with E-state index in [1.807, 2.05) is 13.0 Å². The van der Waals surface area contributed by atoms with Crippen LogP contribution >= 0.6 is 0 Å². The van der Waals surface area contributed by atoms with Crippen LogP contribution in [0.2, 0.25) is 0 Å². The van der Waals surface area contributed by atoms with Crippen molar-refractivity contribution in [3.05, 3.63) is 48.4 Å². The van der Waals surface area contributed by atoms with Crippen molar-refractivity contribution in [2.24, 2.45) is 0 Å². The molecule has 0 fully saturated rings. The number of furan rings is 1. The van der Waals surface area contributed by atoms with Gasteiger partial charge in [0.05, 0.1) is 23.7 Å². The summed E-state index contributed by atoms with van der Waals surface area (Å²) in [6, 6.07) is 9.58. The average Bonchev–Trinajstić information content (AvgIpc) is 3.07. The molecule has 2 N–H and O–H groups in total. The average molecular weight is 351 g/mol. The fourth-order valence-electron chi connectivity index (χ4n) is 2.01. The van der Waals surface area contributed by atoms with Crippen LogP contribution in [-0.2, 0) is 14.8 Å². The predicted octanol–water partition coefficient (Wildman–Crippen LogP) is 1.82. The molecule has 1 aromatic carbocycles. The van der Waals surface area contributed by atoms with E-state index in [4.69, 9.17) is 4.42 Å². The number of rotatable bonds is 7. The highest BCUT2D eigenvalue weighted by Gasteiger charge is 2.17. The highest BCUT2D eigenvalue weighted by molar-refractivity contribution is 7.89. The number of hydrogen-bond acceptors (Lipinski definition) is 5. The van der Waals surface area contributed by atoms with E-state index in [9.17, 15) is 13.2 Å². The van der Waals surface area contributed by atoms with E-state index in [0.29, 0.717) is 5.69 Å². The molecule has 130 valence electrons. The molecule has 0 saturated heterocycles. The van der Waals surface area contributed by atoms with Gasteiger partial charge in [0.15, 0.2) is 0 Å². The van der Waals surface area contributed by atoms with Gasteiger partial charge in [-0.05, 0) is 43.3 Å². The minimum atomic E-state index is -3.47. The highest BCUT2D eigenvalue weighted by Crippen LogP contribution is 2.16. The van der Waals surface area contributed by atoms with Crippen molar-refractivity contribution < 1.29 is 17.6 Å². The van der Waals surface area contributed by atoms with Crippen molar-refractivity contribution in [3.63, 3.8) is 0 Å². The Hall–Kier alpha value is -2.16. The third-order valence-corrected chi connectivity index (χ3v) is 5.28. The van der Waals surface area contributed by atoms with E-state index < -0.39 is 10.0 Å². The Bertz CT molecular complexity index is 768. The van der Waals surface area contributed by atoms with Gasteiger partial charge in [-0.15, -0.1) is 0 Å². The smallest absolute Gasteiger partial charge is 0.242 e. The van der Waals surface area contributed by atoms with Crippen LogP contribution in [0.1, 0.15) is 18.7 Å². The molecule has 1 heterocycles. The molecule has 0 spiro atoms. The number of nitrogens with zero attached hydrogens (tertiary/aromatic N) is 1. The van der Waals surface area contributed by atoms with E-state index in [1.54, 1.807) is 24.5 Å². The quantitative estimate of drug-likeness (QED) is 0.794. The molecule has 0 aliphatic carbocycles. The van der Waals surface area contributed by atoms with E-state index in [2.05, 4.69) is 10.6 Å². The number of carbonyl (C=O) groups excluding carboxylic acids is 1. The first-order valence-electron chi connectivity index (χ1n) is 7.40. The molecule has 0 unspecified atom stereocenters. The molecular weight excluding hydrogens is 330 g/mol. The summed E-state index contributed by atoms with van der Waals surface area (Å²) in [6.07, 6.45) is 1.58. The molecule has 2 aromatic rings. The molecule has 0 radical (unpaired) electrons. The lowest BCUT2D eigenvalue weighted by molar-refractivity contribution is -0.115. The minimum absolute atomic E-state index is 0.0849. The number of hydrogen-bond donors (Lipinski definition) is 2. The Labute approximate surface area is 141 Å². The largest absolute Gasteiger partial charge is 0.468 e. The molecule has 0 saturated carbocycles. The molecule has 0 bridgehead atoms. The zero-order chi connectivity index (χ0) is 17.7. The predicted molar refractivity (Wildman–Crippen MR) is 91.1 cm³/mol. The molecule has 0 aliphatic rings. The number of sulfonamides is 1. The van der Waals surface area contributed by atoms with Crippen LogP contribution in [0.25, 0.3) is 0 Å². The number of anilines is 1. The van der Waals surface area contributed by atoms with Gasteiger partial charge in [0, 0.05) is 19.8 Å². The minimum Gasteiger partial charge on any atom is -0.468 e. The van der Waals surface area contributed by atoms with Crippen LogP contribution in [0.15, 0.2) is 52.0 Å². The summed E-state index contributed by atoms with van der Waals surface area (Å²) in [6.45, 7) is 2.01. The van der Waals surface area contributed by atoms with Gasteiger partial charge in [-0.2, -0.15) is 0 Å². The Kier molecular flexibility index (Phi) is 5.76. The molecule has 1 aromatic heterocycles. The summed E-state index contributed by atoms with van der Waals surface area (Å²) in [4.78, 5) is 12.1. The first-order chi connectivity index (χ1) is 11.3. The normalized spacial score (nSPS) is 13.0. The van der Waals surface area contributed by atoms with Crippen molar-refractivity contribution in [2.45, 2.75) is 17.9 Å². The summed E-state index contributed by atoms with van der Waals surface area (Å²) in [5, 5.41) is 5.76. The monoisotopic (exact) mass is 351 g/mol. The van der Waals surface area contributed by atoms with Crippen molar-refractivity contribution >= 4 is 21.6 Å². The lowest BCUT2D eigenvalue weighted by Crippen LogP contribution is -2.30. The Morgan fingerprint density at radius 1 is 1.21 bits per heavy atom. The van der Waals surface area contributed by atoms with Gasteiger partial charge < -0.3 is 9.73 Å². The van der Waals surface area contributed by atoms with E-state index in [0.717, 1.165) is 10.1 Å². The van der Waals surface area contributed by atoms with Crippen molar-refractivity contribution in [3.8, 4) is 0 Å². The second-order valence-electron chi connectivity index (χ2n) is 5.48. The van der Waals surface area contributed by atoms with Gasteiger partial charge in [-0.1, -0.05) is 0 Å². The fourth-order valence-corrected chi connectivity index (χ4v) is 2.91. The molecule has 7 nitrogen and oxygen atoms in total. The second kappa shape index (κ2) is 7.61. The number of amides is 1. The lowest BCUT2D eigenvalue weighted by Gasteiger charge is -2.13. The van der Waals surface area contributed by atoms with Crippen LogP contribution in [0.5, 0.6) is 0 Å². The van der Waals surface area contributed by atoms with Crippen molar-refractivity contribution in [1.29, 1.82) is 0 Å². The Balaban J connectivity index is 1.90. The third-order valence-electron chi connectivity index (χ3n) is 3.46. The van der Waals surface area contributed by atoms with Crippen molar-refractivity contribution in [2.75, 3.05) is 26.0 Å². The summed E-state index contributed by atoms with van der Waals surface area (Å²) in [5.41, 5.74) is 0.533. The summed E-state index contributed by atoms with van der Waals surface area (Å²) >= 11 is 0. The lowest BCUT2D eigenvalue weighted by atomic mass is 10.2. The third kappa shape index (κ3) is 4.44. The molecule has 2 rings (SSSR count). The molecule has 1 amide bonds. The maximum absolute atomic E-state index is 12.0. The highest BCUT2D eigenvalue weighted by atomic mass is 32.2. The van der Waals surface area contributed by atoms with Gasteiger partial charge in [-0.25, -0.2) is 12.7 Å². The first-order valence-corrected chi connectivity index (χ1v) is 8.84. The van der Waals surface area contributed by atoms with Gasteiger partial charge in [0.2, 0.25) is 15.9 Å². The first kappa shape index (κ1) is 18.2. The van der Waals surface area contributed by atoms with Gasteiger partial charge in [0.1, 0.15) is 5.76 Å². The Morgan fingerprint density at radius 3 is 2.42 bits per heavy atom. The zero-order valence-corrected chi connectivity index (χ0v) is 14.6. The molecule has 8 heteroatoms. The number of benzene rings is 1. The summed E-state index contributed by atoms with van der Waals surface area (Å²) in [7, 11) is -0.533. The SMILES string of the molecule is C[C@H](NCC(=O)Nc1ccc(S(=O)(=O)N(C)C)cc1)c1ccco1. The van der Waals surface area contributed by atoms with Crippen LogP contribution in [0, 0.1) is 0 Å². The van der Waals surface area contributed by atoms with E-state index in [1.165, 1.54) is 26.2 Å². The maximum atomic E-state index is 12.0. The summed E-state index contributed by atoms with van der Waals surface area (Å²) in [5.74, 6) is 0.526. The second-order valence-corrected chi connectivity index (χ2v) is 7.63. The van der Waals surface area contributed by atoms with Crippen LogP contribution in [0.3, 0.4) is 0 Å². The van der Waals surface area contributed by atoms with E-state index >= 15 is 0 Å². The van der Waals surface area contributed by atoms with Crippen LogP contribution in [0.4, 0.5) is 5.69 Å². The zero-order valence-electron chi connectivity index (χ0n) is 13.8. The molecule has 24 heavy (non-hydrogen) atoms. The van der Waals surface area contributed by atoms with Gasteiger partial charge in [-0.3, -0.25) is 10.1 Å².